The first-order valence-corrected chi connectivity index (χ1v) is 9.81. The Bertz CT molecular complexity index is 931. The summed E-state index contributed by atoms with van der Waals surface area (Å²) in [5.41, 5.74) is 1.95. The first kappa shape index (κ1) is 16.2. The van der Waals surface area contributed by atoms with Crippen molar-refractivity contribution in [2.75, 3.05) is 0 Å². The third-order valence-corrected chi connectivity index (χ3v) is 6.25. The Morgan fingerprint density at radius 1 is 0.680 bits per heavy atom. The normalized spacial score (nSPS) is 11.0. The Hall–Kier alpha value is -2.29. The lowest BCUT2D eigenvalue weighted by Crippen LogP contribution is -2.12. The second-order valence-corrected chi connectivity index (χ2v) is 7.52. The molecule has 0 aliphatic heterocycles. The molecule has 4 aromatic rings. The quantitative estimate of drug-likeness (QED) is 0.407. The fourth-order valence-electron chi connectivity index (χ4n) is 2.48. The van der Waals surface area contributed by atoms with E-state index in [9.17, 15) is 0 Å². The fraction of sp³-hybridized carbons (Fsp3) is 0. The van der Waals surface area contributed by atoms with Crippen LogP contribution in [0.3, 0.4) is 0 Å². The summed E-state index contributed by atoms with van der Waals surface area (Å²) < 4.78 is 13.4. The second-order valence-electron chi connectivity index (χ2n) is 5.40. The number of hydrogen-bond acceptors (Lipinski definition) is 2. The third-order valence-electron chi connectivity index (χ3n) is 3.67. The van der Waals surface area contributed by atoms with E-state index in [4.69, 9.17) is 9.05 Å². The molecule has 3 aromatic carbocycles. The maximum absolute atomic E-state index is 6.20. The number of nitrogens with one attached hydrogen (secondary N) is 1. The molecule has 0 spiro atoms. The molecule has 0 radical (unpaired) electrons. The summed E-state index contributed by atoms with van der Waals surface area (Å²) in [5.74, 6) is 1.55. The van der Waals surface area contributed by atoms with Gasteiger partial charge in [-0.25, -0.2) is 0 Å². The maximum atomic E-state index is 6.20. The van der Waals surface area contributed by atoms with Crippen molar-refractivity contribution < 1.29 is 9.05 Å². The monoisotopic (exact) mass is 411 g/mol. The smallest absolute Gasteiger partial charge is 0.345 e. The van der Waals surface area contributed by atoms with Gasteiger partial charge in [0.15, 0.2) is 0 Å². The number of fused-ring (bicyclic) bond motifs is 1. The summed E-state index contributed by atoms with van der Waals surface area (Å²) in [7, 11) is -1.38. The van der Waals surface area contributed by atoms with Crippen LogP contribution in [-0.2, 0) is 0 Å². The van der Waals surface area contributed by atoms with Crippen molar-refractivity contribution >= 4 is 40.6 Å². The Morgan fingerprint density at radius 2 is 1.20 bits per heavy atom. The standard InChI is InChI=1S/C20H15BrNO2P/c21-19-17-13-7-8-14-18(17)22-20(19)25(23-15-9-3-1-4-10-15)24-16-11-5-2-6-12-16/h1-14,22H. The van der Waals surface area contributed by atoms with Crippen LogP contribution in [0.5, 0.6) is 11.5 Å². The predicted octanol–water partition coefficient (Wildman–Crippen LogP) is 6.03. The van der Waals surface area contributed by atoms with E-state index in [1.54, 1.807) is 0 Å². The van der Waals surface area contributed by atoms with Gasteiger partial charge in [0.1, 0.15) is 16.9 Å². The molecule has 4 rings (SSSR count). The van der Waals surface area contributed by atoms with Gasteiger partial charge in [0, 0.05) is 10.9 Å². The van der Waals surface area contributed by atoms with Crippen molar-refractivity contribution in [3.8, 4) is 11.5 Å². The molecule has 3 nitrogen and oxygen atoms in total. The molecule has 25 heavy (non-hydrogen) atoms. The Balaban J connectivity index is 1.74. The summed E-state index contributed by atoms with van der Waals surface area (Å²) >= 11 is 3.70. The highest BCUT2D eigenvalue weighted by molar-refractivity contribution is 9.11. The van der Waals surface area contributed by atoms with E-state index in [1.165, 1.54) is 0 Å². The highest BCUT2D eigenvalue weighted by Gasteiger charge is 2.25. The maximum Gasteiger partial charge on any atom is 0.345 e. The number of H-pyrrole nitrogens is 1. The molecule has 1 heterocycles. The van der Waals surface area contributed by atoms with E-state index in [2.05, 4.69) is 27.0 Å². The van der Waals surface area contributed by atoms with E-state index in [0.717, 1.165) is 32.3 Å². The molecule has 0 bridgehead atoms. The Labute approximate surface area is 155 Å². The van der Waals surface area contributed by atoms with Gasteiger partial charge in [-0.05, 0) is 46.3 Å². The molecule has 0 saturated carbocycles. The summed E-state index contributed by atoms with van der Waals surface area (Å²) in [6.07, 6.45) is 0. The fourth-order valence-corrected chi connectivity index (χ4v) is 4.70. The SMILES string of the molecule is Brc1c(P(Oc2ccccc2)Oc2ccccc2)[nH]c2ccccc12. The van der Waals surface area contributed by atoms with Gasteiger partial charge in [-0.2, -0.15) is 0 Å². The van der Waals surface area contributed by atoms with Crippen LogP contribution in [0, 0.1) is 0 Å². The predicted molar refractivity (Wildman–Crippen MR) is 107 cm³/mol. The molecular weight excluding hydrogens is 397 g/mol. The molecule has 0 fully saturated rings. The zero-order valence-electron chi connectivity index (χ0n) is 13.2. The highest BCUT2D eigenvalue weighted by atomic mass is 79.9. The molecular formula is C20H15BrNO2P. The lowest BCUT2D eigenvalue weighted by atomic mass is 10.3. The molecule has 1 aromatic heterocycles. The topological polar surface area (TPSA) is 34.2 Å². The van der Waals surface area contributed by atoms with E-state index in [0.29, 0.717) is 0 Å². The molecule has 0 aliphatic carbocycles. The van der Waals surface area contributed by atoms with Crippen LogP contribution < -0.4 is 14.5 Å². The van der Waals surface area contributed by atoms with E-state index >= 15 is 0 Å². The lowest BCUT2D eigenvalue weighted by Gasteiger charge is -2.18. The lowest BCUT2D eigenvalue weighted by molar-refractivity contribution is 0.501. The van der Waals surface area contributed by atoms with Gasteiger partial charge in [-0.15, -0.1) is 0 Å². The Kier molecular flexibility index (Phi) is 4.73. The number of aromatic amines is 1. The van der Waals surface area contributed by atoms with Gasteiger partial charge in [-0.1, -0.05) is 54.6 Å². The summed E-state index contributed by atoms with van der Waals surface area (Å²) in [5, 5.41) is 1.11. The number of rotatable bonds is 5. The number of halogens is 1. The molecule has 0 unspecified atom stereocenters. The van der Waals surface area contributed by atoms with Crippen LogP contribution in [0.2, 0.25) is 0 Å². The number of aromatic nitrogens is 1. The number of para-hydroxylation sites is 3. The first-order valence-electron chi connectivity index (χ1n) is 7.83. The summed E-state index contributed by atoms with van der Waals surface area (Å²) in [6.45, 7) is 0. The molecule has 124 valence electrons. The number of hydrogen-bond donors (Lipinski definition) is 1. The van der Waals surface area contributed by atoms with Gasteiger partial charge >= 0.3 is 8.38 Å². The van der Waals surface area contributed by atoms with Gasteiger partial charge in [0.25, 0.3) is 0 Å². The van der Waals surface area contributed by atoms with Crippen molar-refractivity contribution in [3.63, 3.8) is 0 Å². The van der Waals surface area contributed by atoms with Gasteiger partial charge < -0.3 is 14.0 Å². The third kappa shape index (κ3) is 3.55. The molecule has 0 aliphatic rings. The van der Waals surface area contributed by atoms with Crippen LogP contribution in [0.4, 0.5) is 0 Å². The summed E-state index contributed by atoms with van der Waals surface area (Å²) in [4.78, 5) is 3.44. The van der Waals surface area contributed by atoms with Gasteiger partial charge in [0.2, 0.25) is 0 Å². The minimum atomic E-state index is -1.38. The van der Waals surface area contributed by atoms with Gasteiger partial charge in [0.05, 0.1) is 4.47 Å². The average Bonchev–Trinajstić information content (AvgIpc) is 3.00. The largest absolute Gasteiger partial charge is 0.434 e. The first-order chi connectivity index (χ1) is 12.3. The van der Waals surface area contributed by atoms with E-state index < -0.39 is 8.38 Å². The Morgan fingerprint density at radius 3 is 1.76 bits per heavy atom. The van der Waals surface area contributed by atoms with Crippen molar-refractivity contribution in [3.05, 3.63) is 89.4 Å². The van der Waals surface area contributed by atoms with Crippen LogP contribution in [0.15, 0.2) is 89.4 Å². The van der Waals surface area contributed by atoms with E-state index in [-0.39, 0.29) is 0 Å². The van der Waals surface area contributed by atoms with Crippen molar-refractivity contribution in [1.29, 1.82) is 0 Å². The van der Waals surface area contributed by atoms with Crippen molar-refractivity contribution in [2.24, 2.45) is 0 Å². The summed E-state index contributed by atoms with van der Waals surface area (Å²) in [6, 6.07) is 27.6. The van der Waals surface area contributed by atoms with Crippen LogP contribution in [0.25, 0.3) is 10.9 Å². The number of benzene rings is 3. The molecule has 0 saturated heterocycles. The van der Waals surface area contributed by atoms with Crippen LogP contribution in [0.1, 0.15) is 0 Å². The van der Waals surface area contributed by atoms with Gasteiger partial charge in [-0.3, -0.25) is 0 Å². The van der Waals surface area contributed by atoms with Crippen molar-refractivity contribution in [2.45, 2.75) is 0 Å². The molecule has 0 amide bonds. The zero-order valence-corrected chi connectivity index (χ0v) is 15.7. The highest BCUT2D eigenvalue weighted by Crippen LogP contribution is 2.42. The average molecular weight is 412 g/mol. The molecule has 1 N–H and O–H groups in total. The zero-order chi connectivity index (χ0) is 17.1. The minimum Gasteiger partial charge on any atom is -0.434 e. The molecule has 5 heteroatoms. The van der Waals surface area contributed by atoms with Crippen LogP contribution in [-0.4, -0.2) is 4.98 Å². The minimum absolute atomic E-state index is 0.773. The second kappa shape index (κ2) is 7.30. The van der Waals surface area contributed by atoms with E-state index in [1.807, 2.05) is 78.9 Å². The van der Waals surface area contributed by atoms with Crippen molar-refractivity contribution in [1.82, 2.24) is 4.98 Å². The molecule has 0 atom stereocenters. The van der Waals surface area contributed by atoms with Crippen LogP contribution >= 0.6 is 24.3 Å².